The van der Waals surface area contributed by atoms with Crippen LogP contribution >= 0.6 is 0 Å². The molecule has 255 valence electrons. The zero-order valence-electron chi connectivity index (χ0n) is 28.4. The molecule has 9 rings (SSSR count). The molecule has 2 aliphatic rings. The van der Waals surface area contributed by atoms with E-state index in [0.29, 0.717) is 11.8 Å². The molecular formula is C44H40IrNO4-. The Balaban J connectivity index is 0.000000447. The van der Waals surface area contributed by atoms with E-state index in [9.17, 15) is 4.79 Å². The summed E-state index contributed by atoms with van der Waals surface area (Å²) in [4.78, 5) is 14.7. The Morgan fingerprint density at radius 2 is 1.40 bits per heavy atom. The van der Waals surface area contributed by atoms with Crippen molar-refractivity contribution in [3.05, 3.63) is 114 Å². The smallest absolute Gasteiger partial charge is 0.155 e. The summed E-state index contributed by atoms with van der Waals surface area (Å²) in [5.74, 6) is 1.07. The maximum Gasteiger partial charge on any atom is 0.155 e. The summed E-state index contributed by atoms with van der Waals surface area (Å²) in [7, 11) is 0. The Morgan fingerprint density at radius 1 is 0.760 bits per heavy atom. The van der Waals surface area contributed by atoms with Crippen LogP contribution in [0.3, 0.4) is 0 Å². The molecule has 50 heavy (non-hydrogen) atoms. The van der Waals surface area contributed by atoms with E-state index in [1.54, 1.807) is 0 Å². The number of nitrogens with zero attached hydrogens (tertiary/aromatic N) is 1. The Labute approximate surface area is 305 Å². The van der Waals surface area contributed by atoms with Crippen LogP contribution in [0.5, 0.6) is 0 Å². The molecule has 0 spiro atoms. The SMILES string of the molecule is CC(=O)/C=C(/C)O.[Ir].[c-]1ccccc1-c1cc(-c2cc3c4cccc(C5CCCC5)c4oc3c3c2oc2c(C4CCCC4)cccc23)ccn1. The molecule has 5 nitrogen and oxygen atoms in total. The number of aromatic nitrogens is 1. The Kier molecular flexibility index (Phi) is 9.77. The van der Waals surface area contributed by atoms with Crippen molar-refractivity contribution in [3.63, 3.8) is 0 Å². The largest absolute Gasteiger partial charge is 0.512 e. The summed E-state index contributed by atoms with van der Waals surface area (Å²) in [5, 5.41) is 13.0. The molecule has 0 unspecified atom stereocenters. The van der Waals surface area contributed by atoms with E-state index in [1.807, 2.05) is 24.4 Å². The van der Waals surface area contributed by atoms with E-state index < -0.39 is 0 Å². The van der Waals surface area contributed by atoms with Crippen molar-refractivity contribution in [1.29, 1.82) is 0 Å². The van der Waals surface area contributed by atoms with Crippen molar-refractivity contribution in [1.82, 2.24) is 4.98 Å². The van der Waals surface area contributed by atoms with E-state index >= 15 is 0 Å². The summed E-state index contributed by atoms with van der Waals surface area (Å²) in [6.07, 6.45) is 13.2. The fraction of sp³-hybridized carbons (Fsp3) is 0.273. The number of aliphatic hydroxyl groups is 1. The first-order valence-corrected chi connectivity index (χ1v) is 17.6. The molecule has 4 aromatic carbocycles. The molecule has 1 radical (unpaired) electrons. The number of carbonyl (C=O) groups excluding carboxylic acids is 1. The van der Waals surface area contributed by atoms with Gasteiger partial charge in [0.15, 0.2) is 5.78 Å². The molecule has 0 atom stereocenters. The number of benzene rings is 4. The molecule has 7 aromatic rings. The van der Waals surface area contributed by atoms with Gasteiger partial charge >= 0.3 is 0 Å². The maximum absolute atomic E-state index is 10.0. The first-order valence-electron chi connectivity index (χ1n) is 17.6. The monoisotopic (exact) mass is 839 g/mol. The standard InChI is InChI=1S/C39H32NO2.C5H8O2.Ir/c1-2-14-26(15-3-1)34-22-27(20-21-40-34)32-23-33-30-18-8-16-28(24-10-4-5-11-24)36(30)41-39(33)35-31-19-9-17-29(25-12-6-7-13-25)37(31)42-38(32)35;1-4(6)3-5(2)7;/h1-3,8-9,14,16-25H,4-7,10-13H2;3,6H,1-2H3;/q-1;;/b;4-3-;. The molecule has 0 bridgehead atoms. The topological polar surface area (TPSA) is 76.5 Å². The van der Waals surface area contributed by atoms with Crippen LogP contribution in [-0.2, 0) is 24.9 Å². The molecular weight excluding hydrogens is 799 g/mol. The van der Waals surface area contributed by atoms with Crippen molar-refractivity contribution in [2.24, 2.45) is 0 Å². The van der Waals surface area contributed by atoms with E-state index in [4.69, 9.17) is 18.9 Å². The van der Waals surface area contributed by atoms with Crippen molar-refractivity contribution in [2.45, 2.75) is 77.0 Å². The summed E-state index contributed by atoms with van der Waals surface area (Å²) >= 11 is 0. The predicted molar refractivity (Wildman–Crippen MR) is 198 cm³/mol. The second-order valence-corrected chi connectivity index (χ2v) is 13.7. The number of para-hydroxylation sites is 2. The molecule has 1 N–H and O–H groups in total. The summed E-state index contributed by atoms with van der Waals surface area (Å²) in [6.45, 7) is 2.85. The van der Waals surface area contributed by atoms with Crippen LogP contribution < -0.4 is 0 Å². The van der Waals surface area contributed by atoms with Crippen molar-refractivity contribution < 1.29 is 38.8 Å². The van der Waals surface area contributed by atoms with Gasteiger partial charge in [0.1, 0.15) is 22.3 Å². The van der Waals surface area contributed by atoms with Gasteiger partial charge in [-0.2, -0.15) is 0 Å². The van der Waals surface area contributed by atoms with Gasteiger partial charge in [-0.15, -0.1) is 35.9 Å². The molecule has 0 aliphatic heterocycles. The molecule has 0 saturated heterocycles. The normalized spacial score (nSPS) is 15.5. The van der Waals surface area contributed by atoms with Crippen LogP contribution in [0, 0.1) is 6.07 Å². The second kappa shape index (κ2) is 14.4. The van der Waals surface area contributed by atoms with E-state index in [-0.39, 0.29) is 31.6 Å². The third-order valence-electron chi connectivity index (χ3n) is 10.3. The third-order valence-corrected chi connectivity index (χ3v) is 10.3. The van der Waals surface area contributed by atoms with Crippen LogP contribution in [0.4, 0.5) is 0 Å². The third kappa shape index (κ3) is 6.32. The van der Waals surface area contributed by atoms with Gasteiger partial charge in [0.05, 0.1) is 11.1 Å². The zero-order valence-corrected chi connectivity index (χ0v) is 30.8. The van der Waals surface area contributed by atoms with Crippen molar-refractivity contribution >= 4 is 49.7 Å². The van der Waals surface area contributed by atoms with Crippen LogP contribution in [0.1, 0.15) is 88.2 Å². The molecule has 2 saturated carbocycles. The maximum atomic E-state index is 10.0. The minimum Gasteiger partial charge on any atom is -0.512 e. The van der Waals surface area contributed by atoms with Gasteiger partial charge in [0.2, 0.25) is 0 Å². The van der Waals surface area contributed by atoms with Gasteiger partial charge in [-0.1, -0.05) is 68.1 Å². The number of carbonyl (C=O) groups is 1. The van der Waals surface area contributed by atoms with Crippen molar-refractivity contribution in [2.75, 3.05) is 0 Å². The molecule has 2 aliphatic carbocycles. The molecule has 3 aromatic heterocycles. The van der Waals surface area contributed by atoms with Gasteiger partial charge in [-0.25, -0.2) is 0 Å². The zero-order chi connectivity index (χ0) is 33.5. The number of allylic oxidation sites excluding steroid dienone is 2. The first-order chi connectivity index (χ1) is 24.0. The fourth-order valence-electron chi connectivity index (χ4n) is 8.18. The number of aliphatic hydroxyl groups excluding tert-OH is 1. The second-order valence-electron chi connectivity index (χ2n) is 13.7. The Bertz CT molecular complexity index is 2350. The van der Waals surface area contributed by atoms with Gasteiger partial charge in [0.25, 0.3) is 0 Å². The number of ketones is 1. The molecule has 6 heteroatoms. The van der Waals surface area contributed by atoms with Crippen LogP contribution in [-0.4, -0.2) is 15.9 Å². The average molecular weight is 839 g/mol. The number of rotatable bonds is 5. The molecule has 0 amide bonds. The van der Waals surface area contributed by atoms with Gasteiger partial charge in [-0.05, 0) is 85.9 Å². The molecule has 2 fully saturated rings. The fourth-order valence-corrected chi connectivity index (χ4v) is 8.18. The van der Waals surface area contributed by atoms with Crippen LogP contribution in [0.15, 0.2) is 106 Å². The van der Waals surface area contributed by atoms with Crippen LogP contribution in [0.2, 0.25) is 0 Å². The van der Waals surface area contributed by atoms with E-state index in [2.05, 4.69) is 66.7 Å². The van der Waals surface area contributed by atoms with Crippen molar-refractivity contribution in [3.8, 4) is 22.4 Å². The first kappa shape index (κ1) is 34.0. The van der Waals surface area contributed by atoms with Gasteiger partial charge in [-0.3, -0.25) is 4.79 Å². The molecule has 3 heterocycles. The summed E-state index contributed by atoms with van der Waals surface area (Å²) < 4.78 is 13.9. The number of hydrogen-bond acceptors (Lipinski definition) is 5. The number of fused-ring (bicyclic) bond motifs is 7. The quantitative estimate of drug-likeness (QED) is 0.106. The number of pyridine rings is 1. The Morgan fingerprint density at radius 3 is 2.00 bits per heavy atom. The summed E-state index contributed by atoms with van der Waals surface area (Å²) in [6, 6.07) is 31.4. The number of hydrogen-bond donors (Lipinski definition) is 1. The van der Waals surface area contributed by atoms with E-state index in [1.165, 1.54) is 87.8 Å². The minimum absolute atomic E-state index is 0. The Hall–Kier alpha value is -4.51. The number of furan rings is 2. The van der Waals surface area contributed by atoms with Gasteiger partial charge < -0.3 is 18.9 Å². The van der Waals surface area contributed by atoms with E-state index in [0.717, 1.165) is 60.9 Å². The summed E-state index contributed by atoms with van der Waals surface area (Å²) in [5.41, 5.74) is 10.7. The van der Waals surface area contributed by atoms with Crippen LogP contribution in [0.25, 0.3) is 66.3 Å². The predicted octanol–water partition coefficient (Wildman–Crippen LogP) is 12.4. The minimum atomic E-state index is -0.125. The average Bonchev–Trinajstić information content (AvgIpc) is 3.94. The van der Waals surface area contributed by atoms with Gasteiger partial charge in [0, 0.05) is 54.1 Å².